The van der Waals surface area contributed by atoms with Crippen LogP contribution in [0.15, 0.2) is 35.7 Å². The van der Waals surface area contributed by atoms with E-state index in [1.807, 2.05) is 35.7 Å². The lowest BCUT2D eigenvalue weighted by Crippen LogP contribution is -2.12. The topological polar surface area (TPSA) is 49.3 Å². The minimum atomic E-state index is -0.0568. The van der Waals surface area contributed by atoms with Crippen LogP contribution in [-0.4, -0.2) is 17.6 Å². The monoisotopic (exact) mass is 289 g/mol. The zero-order valence-corrected chi connectivity index (χ0v) is 12.5. The molecule has 0 atom stereocenters. The first kappa shape index (κ1) is 14.8. The average Bonchev–Trinajstić information content (AvgIpc) is 2.91. The number of rotatable bonds is 5. The molecule has 0 bridgehead atoms. The number of thiophene rings is 1. The van der Waals surface area contributed by atoms with Crippen LogP contribution >= 0.6 is 11.3 Å². The summed E-state index contributed by atoms with van der Waals surface area (Å²) in [4.78, 5) is 13.0. The number of benzene rings is 1. The van der Waals surface area contributed by atoms with Gasteiger partial charge in [0.05, 0.1) is 4.88 Å². The van der Waals surface area contributed by atoms with E-state index >= 15 is 0 Å². The van der Waals surface area contributed by atoms with Crippen LogP contribution in [0.5, 0.6) is 0 Å². The Morgan fingerprint density at radius 2 is 1.95 bits per heavy atom. The van der Waals surface area contributed by atoms with E-state index < -0.39 is 0 Å². The number of hydrogen-bond donors (Lipinski definition) is 2. The molecule has 0 radical (unpaired) electrons. The summed E-state index contributed by atoms with van der Waals surface area (Å²) in [5.74, 6) is 0.285. The largest absolute Gasteiger partial charge is 0.396 e. The highest BCUT2D eigenvalue weighted by atomic mass is 32.1. The summed E-state index contributed by atoms with van der Waals surface area (Å²) in [5.41, 5.74) is 2.92. The number of anilines is 1. The smallest absolute Gasteiger partial charge is 0.266 e. The molecule has 4 heteroatoms. The zero-order chi connectivity index (χ0) is 14.5. The Morgan fingerprint density at radius 1 is 1.25 bits per heavy atom. The molecule has 0 saturated heterocycles. The lowest BCUT2D eigenvalue weighted by molar-refractivity contribution is 0.102. The van der Waals surface area contributed by atoms with Crippen LogP contribution in [0.25, 0.3) is 0 Å². The highest BCUT2D eigenvalue weighted by Crippen LogP contribution is 2.25. The van der Waals surface area contributed by atoms with E-state index in [-0.39, 0.29) is 12.5 Å². The summed E-state index contributed by atoms with van der Waals surface area (Å²) in [5, 5.41) is 13.7. The van der Waals surface area contributed by atoms with Gasteiger partial charge >= 0.3 is 0 Å². The van der Waals surface area contributed by atoms with Crippen molar-refractivity contribution in [1.82, 2.24) is 0 Å². The first-order chi connectivity index (χ1) is 9.61. The van der Waals surface area contributed by atoms with Gasteiger partial charge in [0.1, 0.15) is 0 Å². The van der Waals surface area contributed by atoms with E-state index in [4.69, 9.17) is 5.11 Å². The molecule has 20 heavy (non-hydrogen) atoms. The fourth-order valence-electron chi connectivity index (χ4n) is 2.03. The molecule has 106 valence electrons. The Hall–Kier alpha value is -1.65. The molecule has 0 aliphatic rings. The van der Waals surface area contributed by atoms with E-state index in [0.717, 1.165) is 21.7 Å². The summed E-state index contributed by atoms with van der Waals surface area (Å²) in [6.45, 7) is 4.31. The fourth-order valence-corrected chi connectivity index (χ4v) is 2.98. The highest BCUT2D eigenvalue weighted by molar-refractivity contribution is 7.12. The van der Waals surface area contributed by atoms with Crippen molar-refractivity contribution in [2.24, 2.45) is 0 Å². The van der Waals surface area contributed by atoms with Crippen LogP contribution in [0.4, 0.5) is 5.69 Å². The second-order valence-corrected chi connectivity index (χ2v) is 5.90. The molecule has 2 aromatic rings. The lowest BCUT2D eigenvalue weighted by atomic mass is 10.0. The molecule has 0 aliphatic carbocycles. The van der Waals surface area contributed by atoms with Crippen LogP contribution in [0, 0.1) is 0 Å². The van der Waals surface area contributed by atoms with E-state index in [1.54, 1.807) is 0 Å². The van der Waals surface area contributed by atoms with Gasteiger partial charge in [0.25, 0.3) is 5.91 Å². The standard InChI is InChI=1S/C16H19NO2S/c1-11(2)14-8-10-20-15(14)16(19)17-13-5-3-12(4-6-13)7-9-18/h3-6,8,10-11,18H,7,9H2,1-2H3,(H,17,19). The van der Waals surface area contributed by atoms with Crippen LogP contribution in [0.3, 0.4) is 0 Å². The molecule has 1 heterocycles. The minimum absolute atomic E-state index is 0.0568. The third kappa shape index (κ3) is 3.46. The molecule has 3 nitrogen and oxygen atoms in total. The summed E-state index contributed by atoms with van der Waals surface area (Å²) in [7, 11) is 0. The zero-order valence-electron chi connectivity index (χ0n) is 11.7. The summed E-state index contributed by atoms with van der Waals surface area (Å²) >= 11 is 1.47. The Kier molecular flexibility index (Phi) is 4.93. The lowest BCUT2D eigenvalue weighted by Gasteiger charge is -2.08. The molecule has 0 fully saturated rings. The maximum absolute atomic E-state index is 12.3. The van der Waals surface area contributed by atoms with Gasteiger partial charge < -0.3 is 10.4 Å². The SMILES string of the molecule is CC(C)c1ccsc1C(=O)Nc1ccc(CCO)cc1. The summed E-state index contributed by atoms with van der Waals surface area (Å²) in [6, 6.07) is 9.58. The van der Waals surface area contributed by atoms with Crippen LogP contribution < -0.4 is 5.32 Å². The first-order valence-electron chi connectivity index (χ1n) is 6.70. The molecule has 1 aromatic heterocycles. The normalized spacial score (nSPS) is 10.8. The number of carbonyl (C=O) groups is 1. The number of nitrogens with one attached hydrogen (secondary N) is 1. The molecular formula is C16H19NO2S. The third-order valence-electron chi connectivity index (χ3n) is 3.14. The first-order valence-corrected chi connectivity index (χ1v) is 7.58. The van der Waals surface area contributed by atoms with Crippen molar-refractivity contribution in [3.05, 3.63) is 51.7 Å². The van der Waals surface area contributed by atoms with Crippen molar-refractivity contribution in [3.63, 3.8) is 0 Å². The second kappa shape index (κ2) is 6.68. The van der Waals surface area contributed by atoms with Gasteiger partial charge in [-0.3, -0.25) is 4.79 Å². The van der Waals surface area contributed by atoms with Crippen molar-refractivity contribution in [3.8, 4) is 0 Å². The number of aliphatic hydroxyl groups is 1. The predicted molar refractivity (Wildman–Crippen MR) is 83.6 cm³/mol. The Morgan fingerprint density at radius 3 is 2.55 bits per heavy atom. The van der Waals surface area contributed by atoms with Gasteiger partial charge in [-0.1, -0.05) is 26.0 Å². The van der Waals surface area contributed by atoms with Crippen molar-refractivity contribution < 1.29 is 9.90 Å². The van der Waals surface area contributed by atoms with E-state index in [9.17, 15) is 4.79 Å². The van der Waals surface area contributed by atoms with Gasteiger partial charge in [0.15, 0.2) is 0 Å². The summed E-state index contributed by atoms with van der Waals surface area (Å²) in [6.07, 6.45) is 0.636. The Bertz CT molecular complexity index is 572. The van der Waals surface area contributed by atoms with E-state index in [2.05, 4.69) is 19.2 Å². The van der Waals surface area contributed by atoms with E-state index in [0.29, 0.717) is 12.3 Å². The molecule has 2 rings (SSSR count). The minimum Gasteiger partial charge on any atom is -0.396 e. The number of hydrogen-bond acceptors (Lipinski definition) is 3. The van der Waals surface area contributed by atoms with E-state index in [1.165, 1.54) is 11.3 Å². The molecule has 1 aromatic carbocycles. The fraction of sp³-hybridized carbons (Fsp3) is 0.312. The van der Waals surface area contributed by atoms with Gasteiger partial charge in [-0.25, -0.2) is 0 Å². The quantitative estimate of drug-likeness (QED) is 0.882. The highest BCUT2D eigenvalue weighted by Gasteiger charge is 2.15. The van der Waals surface area contributed by atoms with Gasteiger partial charge in [-0.05, 0) is 47.0 Å². The molecular weight excluding hydrogens is 270 g/mol. The number of carbonyl (C=O) groups excluding carboxylic acids is 1. The number of aliphatic hydroxyl groups excluding tert-OH is 1. The molecule has 0 aliphatic heterocycles. The van der Waals surface area contributed by atoms with Crippen molar-refractivity contribution in [1.29, 1.82) is 0 Å². The maximum atomic E-state index is 12.3. The van der Waals surface area contributed by atoms with Gasteiger partial charge in [-0.15, -0.1) is 11.3 Å². The second-order valence-electron chi connectivity index (χ2n) is 4.98. The van der Waals surface area contributed by atoms with Crippen molar-refractivity contribution >= 4 is 22.9 Å². The van der Waals surface area contributed by atoms with Crippen LogP contribution in [0.2, 0.25) is 0 Å². The Balaban J connectivity index is 2.09. The van der Waals surface area contributed by atoms with Gasteiger partial charge in [0, 0.05) is 12.3 Å². The van der Waals surface area contributed by atoms with Gasteiger partial charge in [-0.2, -0.15) is 0 Å². The molecule has 0 saturated carbocycles. The van der Waals surface area contributed by atoms with Gasteiger partial charge in [0.2, 0.25) is 0 Å². The molecule has 1 amide bonds. The summed E-state index contributed by atoms with van der Waals surface area (Å²) < 4.78 is 0. The van der Waals surface area contributed by atoms with Crippen molar-refractivity contribution in [2.75, 3.05) is 11.9 Å². The Labute approximate surface area is 123 Å². The number of amides is 1. The predicted octanol–water partition coefficient (Wildman–Crippen LogP) is 3.66. The van der Waals surface area contributed by atoms with Crippen LogP contribution in [0.1, 0.15) is 40.6 Å². The van der Waals surface area contributed by atoms with Crippen LogP contribution in [-0.2, 0) is 6.42 Å². The molecule has 0 spiro atoms. The average molecular weight is 289 g/mol. The maximum Gasteiger partial charge on any atom is 0.266 e. The third-order valence-corrected chi connectivity index (χ3v) is 4.07. The molecule has 0 unspecified atom stereocenters. The molecule has 2 N–H and O–H groups in total. The van der Waals surface area contributed by atoms with Crippen molar-refractivity contribution in [2.45, 2.75) is 26.2 Å².